The molecule has 0 unspecified atom stereocenters. The number of halogens is 1. The fraction of sp³-hybridized carbons (Fsp3) is 0.259. The maximum absolute atomic E-state index is 12.8. The van der Waals surface area contributed by atoms with Crippen molar-refractivity contribution in [3.63, 3.8) is 0 Å². The van der Waals surface area contributed by atoms with E-state index < -0.39 is 0 Å². The molecule has 174 valence electrons. The number of morpholine rings is 1. The fourth-order valence-electron chi connectivity index (χ4n) is 3.89. The third kappa shape index (κ3) is 5.51. The van der Waals surface area contributed by atoms with E-state index in [0.29, 0.717) is 56.6 Å². The van der Waals surface area contributed by atoms with Crippen LogP contribution in [0.1, 0.15) is 18.1 Å². The van der Waals surface area contributed by atoms with Crippen molar-refractivity contribution in [3.8, 4) is 17.6 Å². The lowest BCUT2D eigenvalue weighted by molar-refractivity contribution is -0.130. The van der Waals surface area contributed by atoms with E-state index in [2.05, 4.69) is 52.9 Å². The van der Waals surface area contributed by atoms with E-state index in [0.717, 1.165) is 19.9 Å². The second-order valence-corrected chi connectivity index (χ2v) is 8.93. The van der Waals surface area contributed by atoms with E-state index in [1.807, 2.05) is 37.3 Å². The van der Waals surface area contributed by atoms with Crippen LogP contribution in [0.25, 0.3) is 16.8 Å². The van der Waals surface area contributed by atoms with Gasteiger partial charge in [0.15, 0.2) is 11.5 Å². The SMILES string of the molecule is CCOc1cc(/C=C(\C#N)C(=O)N2CCOCC2)cc(I)c1OCc1cccc2ccccc12. The van der Waals surface area contributed by atoms with Gasteiger partial charge in [-0.15, -0.1) is 0 Å². The fourth-order valence-corrected chi connectivity index (χ4v) is 4.67. The van der Waals surface area contributed by atoms with Crippen LogP contribution in [0.2, 0.25) is 0 Å². The molecule has 7 heteroatoms. The maximum atomic E-state index is 12.8. The summed E-state index contributed by atoms with van der Waals surface area (Å²) in [6.07, 6.45) is 1.61. The first-order chi connectivity index (χ1) is 16.6. The lowest BCUT2D eigenvalue weighted by atomic mass is 10.1. The van der Waals surface area contributed by atoms with Gasteiger partial charge in [-0.2, -0.15) is 5.26 Å². The third-order valence-corrected chi connectivity index (χ3v) is 6.35. The minimum absolute atomic E-state index is 0.0876. The van der Waals surface area contributed by atoms with Crippen molar-refractivity contribution in [2.24, 2.45) is 0 Å². The molecule has 3 aromatic carbocycles. The molecule has 1 amide bonds. The van der Waals surface area contributed by atoms with Crippen molar-refractivity contribution >= 4 is 45.3 Å². The Kier molecular flexibility index (Phi) is 8.03. The summed E-state index contributed by atoms with van der Waals surface area (Å²) in [6, 6.07) is 20.1. The lowest BCUT2D eigenvalue weighted by Gasteiger charge is -2.26. The molecule has 1 heterocycles. The molecule has 1 aliphatic rings. The summed E-state index contributed by atoms with van der Waals surface area (Å²) in [5.41, 5.74) is 1.89. The van der Waals surface area contributed by atoms with Crippen LogP contribution in [0.4, 0.5) is 0 Å². The Balaban J connectivity index is 1.60. The Hall–Kier alpha value is -3.09. The Labute approximate surface area is 212 Å². The van der Waals surface area contributed by atoms with Crippen LogP contribution in [0, 0.1) is 14.9 Å². The van der Waals surface area contributed by atoms with Gasteiger partial charge in [0.2, 0.25) is 0 Å². The van der Waals surface area contributed by atoms with E-state index in [1.165, 1.54) is 0 Å². The zero-order chi connectivity index (χ0) is 23.9. The van der Waals surface area contributed by atoms with E-state index in [9.17, 15) is 10.1 Å². The Morgan fingerprint density at radius 2 is 1.91 bits per heavy atom. The second-order valence-electron chi connectivity index (χ2n) is 7.76. The molecule has 4 rings (SSSR count). The predicted octanol–water partition coefficient (Wildman–Crippen LogP) is 5.19. The zero-order valence-electron chi connectivity index (χ0n) is 18.9. The van der Waals surface area contributed by atoms with E-state index in [4.69, 9.17) is 14.2 Å². The summed E-state index contributed by atoms with van der Waals surface area (Å²) in [6.45, 7) is 4.71. The number of nitrogens with zero attached hydrogens (tertiary/aromatic N) is 2. The van der Waals surface area contributed by atoms with Crippen LogP contribution in [0.5, 0.6) is 11.5 Å². The number of benzene rings is 3. The number of carbonyl (C=O) groups is 1. The second kappa shape index (κ2) is 11.4. The summed E-state index contributed by atoms with van der Waals surface area (Å²) in [5, 5.41) is 11.9. The molecule has 0 aliphatic carbocycles. The molecule has 1 aliphatic heterocycles. The van der Waals surface area contributed by atoms with Crippen molar-refractivity contribution in [2.45, 2.75) is 13.5 Å². The quantitative estimate of drug-likeness (QED) is 0.223. The molecular weight excluding hydrogens is 543 g/mol. The number of carbonyl (C=O) groups excluding carboxylic acids is 1. The molecule has 3 aromatic rings. The van der Waals surface area contributed by atoms with Gasteiger partial charge in [-0.05, 0) is 69.6 Å². The zero-order valence-corrected chi connectivity index (χ0v) is 21.1. The lowest BCUT2D eigenvalue weighted by Crippen LogP contribution is -2.41. The van der Waals surface area contributed by atoms with Gasteiger partial charge in [0, 0.05) is 13.1 Å². The van der Waals surface area contributed by atoms with Gasteiger partial charge in [0.25, 0.3) is 5.91 Å². The number of rotatable bonds is 7. The molecule has 0 bridgehead atoms. The number of amides is 1. The van der Waals surface area contributed by atoms with Crippen LogP contribution < -0.4 is 9.47 Å². The van der Waals surface area contributed by atoms with E-state index in [1.54, 1.807) is 11.0 Å². The maximum Gasteiger partial charge on any atom is 0.264 e. The summed E-state index contributed by atoms with van der Waals surface area (Å²) in [4.78, 5) is 14.4. The number of hydrogen-bond donors (Lipinski definition) is 0. The topological polar surface area (TPSA) is 71.8 Å². The number of nitriles is 1. The van der Waals surface area contributed by atoms with Crippen LogP contribution >= 0.6 is 22.6 Å². The first kappa shape index (κ1) is 24.0. The Morgan fingerprint density at radius 1 is 1.15 bits per heavy atom. The third-order valence-electron chi connectivity index (χ3n) is 5.54. The summed E-state index contributed by atoms with van der Waals surface area (Å²) >= 11 is 2.20. The molecule has 0 atom stereocenters. The first-order valence-corrected chi connectivity index (χ1v) is 12.2. The first-order valence-electron chi connectivity index (χ1n) is 11.1. The smallest absolute Gasteiger partial charge is 0.264 e. The molecular formula is C27H25IN2O4. The molecule has 0 spiro atoms. The molecule has 0 N–H and O–H groups in total. The molecule has 6 nitrogen and oxygen atoms in total. The molecule has 0 aromatic heterocycles. The average molecular weight is 568 g/mol. The normalized spacial score (nSPS) is 14.0. The number of hydrogen-bond acceptors (Lipinski definition) is 5. The van der Waals surface area contributed by atoms with Crippen LogP contribution in [0.3, 0.4) is 0 Å². The standard InChI is InChI=1S/C27H25IN2O4/c1-2-33-25-16-19(14-22(17-29)27(31)30-10-12-32-13-11-30)15-24(28)26(25)34-18-21-8-5-7-20-6-3-4-9-23(20)21/h3-9,14-16H,2,10-13,18H2,1H3/b22-14+. The average Bonchev–Trinajstić information content (AvgIpc) is 2.87. The number of fused-ring (bicyclic) bond motifs is 1. The highest BCUT2D eigenvalue weighted by Gasteiger charge is 2.21. The monoisotopic (exact) mass is 568 g/mol. The highest BCUT2D eigenvalue weighted by atomic mass is 127. The van der Waals surface area contributed by atoms with Gasteiger partial charge in [0.1, 0.15) is 18.2 Å². The van der Waals surface area contributed by atoms with Gasteiger partial charge in [-0.1, -0.05) is 42.5 Å². The summed E-state index contributed by atoms with van der Waals surface area (Å²) < 4.78 is 18.3. The summed E-state index contributed by atoms with van der Waals surface area (Å²) in [5.74, 6) is 0.942. The van der Waals surface area contributed by atoms with Crippen molar-refractivity contribution in [2.75, 3.05) is 32.9 Å². The van der Waals surface area contributed by atoms with Crippen molar-refractivity contribution < 1.29 is 19.0 Å². The van der Waals surface area contributed by atoms with E-state index >= 15 is 0 Å². The predicted molar refractivity (Wildman–Crippen MR) is 140 cm³/mol. The molecule has 0 saturated carbocycles. The Morgan fingerprint density at radius 3 is 2.68 bits per heavy atom. The minimum Gasteiger partial charge on any atom is -0.490 e. The van der Waals surface area contributed by atoms with E-state index in [-0.39, 0.29) is 11.5 Å². The number of ether oxygens (including phenoxy) is 3. The van der Waals surface area contributed by atoms with Crippen molar-refractivity contribution in [1.29, 1.82) is 5.26 Å². The van der Waals surface area contributed by atoms with Gasteiger partial charge < -0.3 is 19.1 Å². The van der Waals surface area contributed by atoms with Crippen LogP contribution in [-0.4, -0.2) is 43.7 Å². The molecule has 1 saturated heterocycles. The Bertz CT molecular complexity index is 1250. The molecule has 1 fully saturated rings. The van der Waals surface area contributed by atoms with Gasteiger partial charge >= 0.3 is 0 Å². The van der Waals surface area contributed by atoms with Crippen molar-refractivity contribution in [3.05, 3.63) is 74.9 Å². The highest BCUT2D eigenvalue weighted by molar-refractivity contribution is 14.1. The van der Waals surface area contributed by atoms with Crippen LogP contribution in [0.15, 0.2) is 60.2 Å². The van der Waals surface area contributed by atoms with Crippen LogP contribution in [-0.2, 0) is 16.1 Å². The van der Waals surface area contributed by atoms with Gasteiger partial charge in [-0.25, -0.2) is 0 Å². The largest absolute Gasteiger partial charge is 0.490 e. The minimum atomic E-state index is -0.282. The molecule has 0 radical (unpaired) electrons. The highest BCUT2D eigenvalue weighted by Crippen LogP contribution is 2.36. The van der Waals surface area contributed by atoms with Gasteiger partial charge in [0.05, 0.1) is 23.4 Å². The molecule has 34 heavy (non-hydrogen) atoms. The summed E-state index contributed by atoms with van der Waals surface area (Å²) in [7, 11) is 0. The van der Waals surface area contributed by atoms with Crippen molar-refractivity contribution in [1.82, 2.24) is 4.90 Å². The van der Waals surface area contributed by atoms with Gasteiger partial charge in [-0.3, -0.25) is 4.79 Å².